The molecule has 0 spiro atoms. The van der Waals surface area contributed by atoms with Gasteiger partial charge in [0.1, 0.15) is 5.75 Å². The van der Waals surface area contributed by atoms with E-state index in [0.717, 1.165) is 0 Å². The maximum Gasteiger partial charge on any atom is 0.309 e. The van der Waals surface area contributed by atoms with E-state index in [0.29, 0.717) is 17.0 Å². The van der Waals surface area contributed by atoms with Crippen LogP contribution in [0, 0.1) is 13.8 Å². The second kappa shape index (κ2) is 5.92. The van der Waals surface area contributed by atoms with Crippen molar-refractivity contribution in [2.24, 2.45) is 5.10 Å². The molecule has 2 N–H and O–H groups in total. The van der Waals surface area contributed by atoms with E-state index in [1.54, 1.807) is 38.1 Å². The normalized spacial score (nSPS) is 10.7. The highest BCUT2D eigenvalue weighted by atomic mass is 16.3. The molecule has 0 aliphatic rings. The Kier molecular flexibility index (Phi) is 4.05. The zero-order chi connectivity index (χ0) is 14.5. The molecule has 0 atom stereocenters. The van der Waals surface area contributed by atoms with E-state index in [1.165, 1.54) is 12.3 Å². The number of aromatic nitrogens is 2. The Balaban J connectivity index is 2.07. The zero-order valence-electron chi connectivity index (χ0n) is 11.2. The summed E-state index contributed by atoms with van der Waals surface area (Å²) in [6.07, 6.45) is 1.36. The topological polar surface area (TPSA) is 87.5 Å². The molecule has 0 aliphatic carbocycles. The van der Waals surface area contributed by atoms with Gasteiger partial charge in [-0.3, -0.25) is 4.79 Å². The molecule has 1 aromatic heterocycles. The Morgan fingerprint density at radius 2 is 1.90 bits per heavy atom. The van der Waals surface area contributed by atoms with Crippen LogP contribution in [0.5, 0.6) is 5.75 Å². The third kappa shape index (κ3) is 3.38. The van der Waals surface area contributed by atoms with Crippen LogP contribution in [0.2, 0.25) is 0 Å². The van der Waals surface area contributed by atoms with E-state index in [4.69, 9.17) is 0 Å². The summed E-state index contributed by atoms with van der Waals surface area (Å²) in [4.78, 5) is 19.9. The Bertz CT molecular complexity index is 648. The first kappa shape index (κ1) is 13.7. The second-order valence-electron chi connectivity index (χ2n) is 4.23. The molecular weight excluding hydrogens is 256 g/mol. The first-order valence-electron chi connectivity index (χ1n) is 6.00. The number of hydrogen-bond donors (Lipinski definition) is 2. The fourth-order valence-electron chi connectivity index (χ4n) is 1.63. The fourth-order valence-corrected chi connectivity index (χ4v) is 1.63. The average molecular weight is 270 g/mol. The predicted octanol–water partition coefficient (Wildman–Crippen LogP) is 1.56. The summed E-state index contributed by atoms with van der Waals surface area (Å²) >= 11 is 0. The molecule has 1 amide bonds. The lowest BCUT2D eigenvalue weighted by Gasteiger charge is -2.01. The molecule has 0 radical (unpaired) electrons. The minimum Gasteiger partial charge on any atom is -0.507 e. The van der Waals surface area contributed by atoms with Crippen LogP contribution in [-0.4, -0.2) is 27.2 Å². The zero-order valence-corrected chi connectivity index (χ0v) is 11.2. The smallest absolute Gasteiger partial charge is 0.309 e. The molecule has 6 heteroatoms. The molecule has 0 fully saturated rings. The van der Waals surface area contributed by atoms with Crippen LogP contribution in [0.4, 0.5) is 0 Å². The molecule has 0 saturated carbocycles. The summed E-state index contributed by atoms with van der Waals surface area (Å²) in [6, 6.07) is 8.46. The first-order chi connectivity index (χ1) is 9.56. The molecule has 20 heavy (non-hydrogen) atoms. The number of benzene rings is 1. The Labute approximate surface area is 116 Å². The highest BCUT2D eigenvalue weighted by molar-refractivity contribution is 5.91. The van der Waals surface area contributed by atoms with Crippen molar-refractivity contribution >= 4 is 12.1 Å². The maximum atomic E-state index is 11.8. The molecular formula is C14H14N4O2. The summed E-state index contributed by atoms with van der Waals surface area (Å²) < 4.78 is 0. The van der Waals surface area contributed by atoms with Crippen molar-refractivity contribution < 1.29 is 9.90 Å². The quantitative estimate of drug-likeness (QED) is 0.654. The van der Waals surface area contributed by atoms with Crippen LogP contribution >= 0.6 is 0 Å². The van der Waals surface area contributed by atoms with Crippen molar-refractivity contribution in [3.8, 4) is 5.75 Å². The number of nitrogens with zero attached hydrogens (tertiary/aromatic N) is 3. The number of carbonyl (C=O) groups is 1. The molecule has 0 aliphatic heterocycles. The van der Waals surface area contributed by atoms with Gasteiger partial charge in [0, 0.05) is 17.0 Å². The molecule has 2 aromatic rings. The SMILES string of the molecule is Cc1cc(C)nc(C(=O)NN=Cc2ccccc2O)n1. The highest BCUT2D eigenvalue weighted by Crippen LogP contribution is 2.12. The largest absolute Gasteiger partial charge is 0.507 e. The number of aromatic hydroxyl groups is 1. The van der Waals surface area contributed by atoms with Crippen molar-refractivity contribution in [3.63, 3.8) is 0 Å². The summed E-state index contributed by atoms with van der Waals surface area (Å²) in [6.45, 7) is 3.58. The number of para-hydroxylation sites is 1. The fraction of sp³-hybridized carbons (Fsp3) is 0.143. The number of hydrazone groups is 1. The van der Waals surface area contributed by atoms with Gasteiger partial charge < -0.3 is 5.11 Å². The number of hydrogen-bond acceptors (Lipinski definition) is 5. The molecule has 102 valence electrons. The summed E-state index contributed by atoms with van der Waals surface area (Å²) in [7, 11) is 0. The van der Waals surface area contributed by atoms with Gasteiger partial charge in [0.2, 0.25) is 5.82 Å². The molecule has 1 aromatic carbocycles. The van der Waals surface area contributed by atoms with Gasteiger partial charge in [0.05, 0.1) is 6.21 Å². The molecule has 6 nitrogen and oxygen atoms in total. The average Bonchev–Trinajstić information content (AvgIpc) is 2.39. The monoisotopic (exact) mass is 270 g/mol. The third-order valence-corrected chi connectivity index (χ3v) is 2.49. The van der Waals surface area contributed by atoms with Gasteiger partial charge in [-0.1, -0.05) is 12.1 Å². The Hall–Kier alpha value is -2.76. The number of amides is 1. The second-order valence-corrected chi connectivity index (χ2v) is 4.23. The summed E-state index contributed by atoms with van der Waals surface area (Å²) in [5, 5.41) is 13.3. The van der Waals surface area contributed by atoms with Crippen LogP contribution in [0.25, 0.3) is 0 Å². The van der Waals surface area contributed by atoms with Gasteiger partial charge in [-0.15, -0.1) is 0 Å². The summed E-state index contributed by atoms with van der Waals surface area (Å²) in [5.74, 6) is -0.339. The minimum absolute atomic E-state index is 0.0666. The Morgan fingerprint density at radius 1 is 1.25 bits per heavy atom. The standard InChI is InChI=1S/C14H14N4O2/c1-9-7-10(2)17-13(16-9)14(20)18-15-8-11-5-3-4-6-12(11)19/h3-8,19H,1-2H3,(H,18,20). The van der Waals surface area contributed by atoms with Crippen molar-refractivity contribution in [2.45, 2.75) is 13.8 Å². The van der Waals surface area contributed by atoms with E-state index in [2.05, 4.69) is 20.5 Å². The molecule has 0 bridgehead atoms. The number of aryl methyl sites for hydroxylation is 2. The van der Waals surface area contributed by atoms with Gasteiger partial charge in [-0.05, 0) is 32.0 Å². The first-order valence-corrected chi connectivity index (χ1v) is 6.00. The number of nitrogens with one attached hydrogen (secondary N) is 1. The summed E-state index contributed by atoms with van der Waals surface area (Å²) in [5.41, 5.74) is 4.26. The molecule has 2 rings (SSSR count). The molecule has 0 saturated heterocycles. The van der Waals surface area contributed by atoms with Gasteiger partial charge in [0.25, 0.3) is 0 Å². The number of phenolic OH excluding ortho intramolecular Hbond substituents is 1. The van der Waals surface area contributed by atoms with Crippen molar-refractivity contribution in [3.05, 3.63) is 53.1 Å². The van der Waals surface area contributed by atoms with E-state index in [-0.39, 0.29) is 11.6 Å². The van der Waals surface area contributed by atoms with Gasteiger partial charge in [-0.2, -0.15) is 5.10 Å². The maximum absolute atomic E-state index is 11.8. The van der Waals surface area contributed by atoms with Crippen LogP contribution < -0.4 is 5.43 Å². The molecule has 0 unspecified atom stereocenters. The van der Waals surface area contributed by atoms with Crippen LogP contribution in [0.1, 0.15) is 27.6 Å². The van der Waals surface area contributed by atoms with Crippen LogP contribution in [0.3, 0.4) is 0 Å². The lowest BCUT2D eigenvalue weighted by Crippen LogP contribution is -2.21. The van der Waals surface area contributed by atoms with E-state index >= 15 is 0 Å². The number of phenols is 1. The molecule has 1 heterocycles. The minimum atomic E-state index is -0.497. The van der Waals surface area contributed by atoms with E-state index < -0.39 is 5.91 Å². The van der Waals surface area contributed by atoms with Crippen LogP contribution in [0.15, 0.2) is 35.4 Å². The lowest BCUT2D eigenvalue weighted by atomic mass is 10.2. The highest BCUT2D eigenvalue weighted by Gasteiger charge is 2.09. The predicted molar refractivity (Wildman–Crippen MR) is 74.7 cm³/mol. The third-order valence-electron chi connectivity index (χ3n) is 2.49. The van der Waals surface area contributed by atoms with Gasteiger partial charge in [0.15, 0.2) is 0 Å². The number of carbonyl (C=O) groups excluding carboxylic acids is 1. The van der Waals surface area contributed by atoms with Crippen molar-refractivity contribution in [1.82, 2.24) is 15.4 Å². The van der Waals surface area contributed by atoms with E-state index in [1.807, 2.05) is 0 Å². The van der Waals surface area contributed by atoms with Gasteiger partial charge in [-0.25, -0.2) is 15.4 Å². The van der Waals surface area contributed by atoms with Crippen molar-refractivity contribution in [2.75, 3.05) is 0 Å². The van der Waals surface area contributed by atoms with Crippen LogP contribution in [-0.2, 0) is 0 Å². The van der Waals surface area contributed by atoms with Gasteiger partial charge >= 0.3 is 5.91 Å². The number of rotatable bonds is 3. The lowest BCUT2D eigenvalue weighted by molar-refractivity contribution is 0.0944. The van der Waals surface area contributed by atoms with E-state index in [9.17, 15) is 9.90 Å². The Morgan fingerprint density at radius 3 is 2.55 bits per heavy atom. The van der Waals surface area contributed by atoms with Crippen molar-refractivity contribution in [1.29, 1.82) is 0 Å².